The molecule has 0 atom stereocenters. The van der Waals surface area contributed by atoms with Crippen molar-refractivity contribution in [2.45, 2.75) is 18.7 Å². The first-order valence-corrected chi connectivity index (χ1v) is 14.0. The summed E-state index contributed by atoms with van der Waals surface area (Å²) in [6.07, 6.45) is 1.50. The maximum Gasteiger partial charge on any atom is 0.264 e. The first kappa shape index (κ1) is 27.7. The number of carbonyl (C=O) groups excluding carboxylic acids is 1. The van der Waals surface area contributed by atoms with Crippen LogP contribution in [0.3, 0.4) is 0 Å². The van der Waals surface area contributed by atoms with Crippen LogP contribution < -0.4 is 9.73 Å². The first-order chi connectivity index (χ1) is 18.1. The van der Waals surface area contributed by atoms with Crippen molar-refractivity contribution in [3.8, 4) is 5.69 Å². The minimum atomic E-state index is -4.10. The molecule has 0 saturated carbocycles. The zero-order chi connectivity index (χ0) is 27.4. The molecule has 196 valence electrons. The van der Waals surface area contributed by atoms with Gasteiger partial charge >= 0.3 is 0 Å². The van der Waals surface area contributed by atoms with Crippen molar-refractivity contribution in [2.75, 3.05) is 10.8 Å². The van der Waals surface area contributed by atoms with Gasteiger partial charge in [-0.1, -0.05) is 65.1 Å². The van der Waals surface area contributed by atoms with Gasteiger partial charge in [-0.25, -0.2) is 13.8 Å². The lowest BCUT2D eigenvalue weighted by atomic mass is 10.2. The van der Waals surface area contributed by atoms with E-state index in [2.05, 4.69) is 10.5 Å². The molecule has 1 aromatic heterocycles. The van der Waals surface area contributed by atoms with Crippen LogP contribution in [-0.2, 0) is 14.8 Å². The molecule has 4 aromatic rings. The van der Waals surface area contributed by atoms with E-state index in [1.54, 1.807) is 18.2 Å². The van der Waals surface area contributed by atoms with Crippen molar-refractivity contribution >= 4 is 62.6 Å². The van der Waals surface area contributed by atoms with Crippen LogP contribution in [0.5, 0.6) is 0 Å². The number of nitrogens with one attached hydrogen (secondary N) is 1. The molecule has 0 aliphatic rings. The second-order valence-electron chi connectivity index (χ2n) is 8.33. The Kier molecular flexibility index (Phi) is 8.47. The molecule has 0 fully saturated rings. The number of carbonyl (C=O) groups is 1. The SMILES string of the molecule is Cc1cc(/C=N\NC(=O)CN(c2ccc(Cl)c(Cl)c2)S(=O)(=O)c2ccccc2)c(C)n1-c1ccccc1Cl. The lowest BCUT2D eigenvalue weighted by Crippen LogP contribution is -2.39. The van der Waals surface area contributed by atoms with E-state index in [4.69, 9.17) is 34.8 Å². The molecule has 0 aliphatic heterocycles. The van der Waals surface area contributed by atoms with Crippen LogP contribution in [0.15, 0.2) is 88.9 Å². The summed E-state index contributed by atoms with van der Waals surface area (Å²) < 4.78 is 29.8. The predicted molar refractivity (Wildman–Crippen MR) is 153 cm³/mol. The van der Waals surface area contributed by atoms with Gasteiger partial charge in [0.15, 0.2) is 0 Å². The van der Waals surface area contributed by atoms with Crippen molar-refractivity contribution in [2.24, 2.45) is 5.10 Å². The Morgan fingerprint density at radius 2 is 1.61 bits per heavy atom. The molecule has 11 heteroatoms. The highest BCUT2D eigenvalue weighted by molar-refractivity contribution is 7.92. The molecule has 0 spiro atoms. The number of anilines is 1. The highest BCUT2D eigenvalue weighted by Gasteiger charge is 2.27. The van der Waals surface area contributed by atoms with E-state index in [1.807, 2.05) is 48.7 Å². The van der Waals surface area contributed by atoms with E-state index in [9.17, 15) is 13.2 Å². The molecule has 1 heterocycles. The molecule has 3 aromatic carbocycles. The summed E-state index contributed by atoms with van der Waals surface area (Å²) in [6, 6.07) is 21.5. The minimum absolute atomic E-state index is 0.0226. The molecule has 0 aliphatic carbocycles. The van der Waals surface area contributed by atoms with Crippen LogP contribution >= 0.6 is 34.8 Å². The number of hydrogen-bond donors (Lipinski definition) is 1. The quantitative estimate of drug-likeness (QED) is 0.191. The average Bonchev–Trinajstić information content (AvgIpc) is 3.17. The fourth-order valence-corrected chi connectivity index (χ4v) is 5.88. The monoisotopic (exact) mass is 588 g/mol. The third-order valence-corrected chi connectivity index (χ3v) is 8.61. The number of halogens is 3. The summed E-state index contributed by atoms with van der Waals surface area (Å²) in [5.41, 5.74) is 6.00. The van der Waals surface area contributed by atoms with Gasteiger partial charge in [0, 0.05) is 17.0 Å². The molecule has 0 saturated heterocycles. The van der Waals surface area contributed by atoms with Gasteiger partial charge in [0.25, 0.3) is 15.9 Å². The second-order valence-corrected chi connectivity index (χ2v) is 11.4. The number of sulfonamides is 1. The molecule has 7 nitrogen and oxygen atoms in total. The minimum Gasteiger partial charge on any atom is -0.316 e. The van der Waals surface area contributed by atoms with Gasteiger partial charge in [0.05, 0.1) is 37.6 Å². The first-order valence-electron chi connectivity index (χ1n) is 11.4. The summed E-state index contributed by atoms with van der Waals surface area (Å²) in [5, 5.41) is 5.09. The topological polar surface area (TPSA) is 83.8 Å². The number of hydrogen-bond acceptors (Lipinski definition) is 4. The van der Waals surface area contributed by atoms with Crippen molar-refractivity contribution < 1.29 is 13.2 Å². The van der Waals surface area contributed by atoms with Crippen molar-refractivity contribution in [1.82, 2.24) is 9.99 Å². The number of nitrogens with zero attached hydrogens (tertiary/aromatic N) is 3. The lowest BCUT2D eigenvalue weighted by Gasteiger charge is -2.24. The van der Waals surface area contributed by atoms with Crippen molar-refractivity contribution in [1.29, 1.82) is 0 Å². The number of hydrazone groups is 1. The molecule has 4 rings (SSSR count). The van der Waals surface area contributed by atoms with Gasteiger partial charge < -0.3 is 4.57 Å². The Morgan fingerprint density at radius 1 is 0.921 bits per heavy atom. The molecule has 0 radical (unpaired) electrons. The normalized spacial score (nSPS) is 11.6. The molecule has 38 heavy (non-hydrogen) atoms. The summed E-state index contributed by atoms with van der Waals surface area (Å²) in [5.74, 6) is -0.647. The highest BCUT2D eigenvalue weighted by atomic mass is 35.5. The van der Waals surface area contributed by atoms with Gasteiger partial charge in [0.2, 0.25) is 0 Å². The summed E-state index contributed by atoms with van der Waals surface area (Å²) in [4.78, 5) is 12.9. The molecular formula is C27H23Cl3N4O3S. The Labute approximate surface area is 236 Å². The van der Waals surface area contributed by atoms with Crippen LogP contribution in [-0.4, -0.2) is 31.7 Å². The number of rotatable bonds is 8. The number of aromatic nitrogens is 1. The molecule has 1 N–H and O–H groups in total. The van der Waals surface area contributed by atoms with Crippen molar-refractivity contribution in [3.63, 3.8) is 0 Å². The fraction of sp³-hybridized carbons (Fsp3) is 0.111. The Morgan fingerprint density at radius 3 is 2.29 bits per heavy atom. The summed E-state index contributed by atoms with van der Waals surface area (Å²) in [6.45, 7) is 3.32. The zero-order valence-electron chi connectivity index (χ0n) is 20.4. The number of aryl methyl sites for hydroxylation is 1. The molecule has 0 bridgehead atoms. The Bertz CT molecular complexity index is 1620. The van der Waals surface area contributed by atoms with Crippen LogP contribution in [0.1, 0.15) is 17.0 Å². The second kappa shape index (κ2) is 11.6. The smallest absolute Gasteiger partial charge is 0.264 e. The van der Waals surface area contributed by atoms with Gasteiger partial charge in [-0.2, -0.15) is 5.10 Å². The van der Waals surface area contributed by atoms with Gasteiger partial charge in [-0.3, -0.25) is 9.10 Å². The molecule has 0 unspecified atom stereocenters. The lowest BCUT2D eigenvalue weighted by molar-refractivity contribution is -0.119. The van der Waals surface area contributed by atoms with Gasteiger partial charge in [0.1, 0.15) is 6.54 Å². The van der Waals surface area contributed by atoms with Crippen molar-refractivity contribution in [3.05, 3.63) is 111 Å². The number of para-hydroxylation sites is 1. The average molecular weight is 590 g/mol. The fourth-order valence-electron chi connectivity index (χ4n) is 3.94. The van der Waals surface area contributed by atoms with E-state index < -0.39 is 22.5 Å². The van der Waals surface area contributed by atoms with Gasteiger partial charge in [-0.05, 0) is 62.4 Å². The number of amides is 1. The highest BCUT2D eigenvalue weighted by Crippen LogP contribution is 2.30. The predicted octanol–water partition coefficient (Wildman–Crippen LogP) is 6.40. The van der Waals surface area contributed by atoms with E-state index in [0.29, 0.717) is 5.02 Å². The summed E-state index contributed by atoms with van der Waals surface area (Å²) in [7, 11) is -4.10. The zero-order valence-corrected chi connectivity index (χ0v) is 23.5. The van der Waals surface area contributed by atoms with Gasteiger partial charge in [-0.15, -0.1) is 0 Å². The standard InChI is InChI=1S/C27H23Cl3N4O3S/c1-18-14-20(19(2)34(18)26-11-7-6-10-24(26)29)16-31-32-27(35)17-33(21-12-13-23(28)25(30)15-21)38(36,37)22-8-4-3-5-9-22/h3-16H,17H2,1-2H3,(H,32,35)/b31-16-. The third kappa shape index (κ3) is 5.89. The Hall–Kier alpha value is -3.30. The maximum absolute atomic E-state index is 13.4. The van der Waals surface area contributed by atoms with E-state index in [-0.39, 0.29) is 20.6 Å². The van der Waals surface area contributed by atoms with Crippen LogP contribution in [0.25, 0.3) is 5.69 Å². The Balaban J connectivity index is 1.57. The number of benzene rings is 3. The maximum atomic E-state index is 13.4. The molecule has 1 amide bonds. The van der Waals surface area contributed by atoms with E-state index >= 15 is 0 Å². The largest absolute Gasteiger partial charge is 0.316 e. The van der Waals surface area contributed by atoms with E-state index in [1.165, 1.54) is 36.5 Å². The third-order valence-electron chi connectivity index (χ3n) is 5.77. The van der Waals surface area contributed by atoms with Crippen LogP contribution in [0.4, 0.5) is 5.69 Å². The van der Waals surface area contributed by atoms with Crippen LogP contribution in [0.2, 0.25) is 15.1 Å². The molecular weight excluding hydrogens is 567 g/mol. The van der Waals surface area contributed by atoms with E-state index in [0.717, 1.165) is 26.9 Å². The van der Waals surface area contributed by atoms with Crippen LogP contribution in [0, 0.1) is 13.8 Å². The summed E-state index contributed by atoms with van der Waals surface area (Å²) >= 11 is 18.5.